The molecule has 0 aliphatic rings. The average Bonchev–Trinajstić information content (AvgIpc) is 3.01. The topological polar surface area (TPSA) is 64.6 Å². The van der Waals surface area contributed by atoms with Gasteiger partial charge in [-0.3, -0.25) is 0 Å². The Bertz CT molecular complexity index is 1240. The minimum atomic E-state index is -1.94. The van der Waals surface area contributed by atoms with Gasteiger partial charge in [0.15, 0.2) is 8.32 Å². The summed E-state index contributed by atoms with van der Waals surface area (Å²) in [6.45, 7) is 25.4. The molecule has 0 spiro atoms. The number of thiocarbonyl (C=S) groups is 1. The molecule has 276 valence electrons. The van der Waals surface area contributed by atoms with Gasteiger partial charge in [-0.05, 0) is 79.7 Å². The first-order chi connectivity index (χ1) is 23.0. The molecule has 0 aliphatic carbocycles. The van der Waals surface area contributed by atoms with E-state index in [2.05, 4.69) is 73.4 Å². The Kier molecular flexibility index (Phi) is 18.8. The van der Waals surface area contributed by atoms with Crippen LogP contribution in [0.3, 0.4) is 0 Å². The Hall–Kier alpha value is -2.06. The van der Waals surface area contributed by atoms with Crippen LogP contribution in [-0.2, 0) is 30.0 Å². The van der Waals surface area contributed by atoms with Crippen molar-refractivity contribution in [3.63, 3.8) is 0 Å². The molecular formula is C39H64O7SSi2. The van der Waals surface area contributed by atoms with Gasteiger partial charge in [0, 0.05) is 39.9 Å². The Morgan fingerprint density at radius 1 is 0.878 bits per heavy atom. The first-order valence-corrected chi connectivity index (χ1v) is 24.6. The molecule has 2 rings (SSSR count). The van der Waals surface area contributed by atoms with Crippen molar-refractivity contribution in [1.29, 1.82) is 0 Å². The van der Waals surface area contributed by atoms with Crippen molar-refractivity contribution in [3.8, 4) is 11.5 Å². The number of benzene rings is 2. The quantitative estimate of drug-likeness (QED) is 0.0390. The van der Waals surface area contributed by atoms with Crippen LogP contribution in [0.15, 0.2) is 66.2 Å². The molecule has 0 radical (unpaired) electrons. The number of ether oxygens (including phenoxy) is 6. The van der Waals surface area contributed by atoms with E-state index in [4.69, 9.17) is 45.1 Å². The third-order valence-corrected chi connectivity index (χ3v) is 15.2. The molecule has 0 bridgehead atoms. The third-order valence-electron chi connectivity index (χ3n) is 8.80. The summed E-state index contributed by atoms with van der Waals surface area (Å²) in [5, 5.41) is 0.242. The normalized spacial score (nSPS) is 14.6. The lowest BCUT2D eigenvalue weighted by molar-refractivity contribution is -0.0966. The smallest absolute Gasteiger partial charge is 0.358 e. The Morgan fingerprint density at radius 3 is 2.16 bits per heavy atom. The van der Waals surface area contributed by atoms with Crippen molar-refractivity contribution in [2.24, 2.45) is 5.92 Å². The monoisotopic (exact) mass is 732 g/mol. The summed E-state index contributed by atoms with van der Waals surface area (Å²) >= 11 is 5.54. The molecule has 0 amide bonds. The fourth-order valence-corrected chi connectivity index (χ4v) is 6.62. The maximum atomic E-state index is 6.58. The van der Waals surface area contributed by atoms with Gasteiger partial charge in [-0.25, -0.2) is 0 Å². The predicted octanol–water partition coefficient (Wildman–Crippen LogP) is 10.4. The molecule has 49 heavy (non-hydrogen) atoms. The highest BCUT2D eigenvalue weighted by molar-refractivity contribution is 7.79. The van der Waals surface area contributed by atoms with E-state index in [9.17, 15) is 0 Å². The van der Waals surface area contributed by atoms with Gasteiger partial charge in [0.25, 0.3) is 0 Å². The van der Waals surface area contributed by atoms with E-state index in [1.807, 2.05) is 54.6 Å². The molecule has 0 N–H and O–H groups in total. The second kappa shape index (κ2) is 21.3. The number of methoxy groups -OCH3 is 1. The molecule has 10 heteroatoms. The molecule has 1 unspecified atom stereocenters. The number of rotatable bonds is 22. The molecule has 3 atom stereocenters. The van der Waals surface area contributed by atoms with Crippen molar-refractivity contribution in [3.05, 3.63) is 71.8 Å². The average molecular weight is 733 g/mol. The van der Waals surface area contributed by atoms with E-state index in [1.54, 1.807) is 7.11 Å². The lowest BCUT2D eigenvalue weighted by atomic mass is 9.98. The van der Waals surface area contributed by atoms with Crippen LogP contribution in [0.2, 0.25) is 43.8 Å². The highest BCUT2D eigenvalue weighted by Crippen LogP contribution is 2.36. The second-order valence-electron chi connectivity index (χ2n) is 15.8. The second-order valence-corrected chi connectivity index (χ2v) is 26.6. The maximum Gasteiger partial charge on any atom is 0.358 e. The van der Waals surface area contributed by atoms with Gasteiger partial charge in [-0.1, -0.05) is 89.3 Å². The number of hydrogen-bond donors (Lipinski definition) is 0. The molecule has 0 saturated heterocycles. The molecule has 0 saturated carbocycles. The van der Waals surface area contributed by atoms with Crippen LogP contribution >= 0.6 is 12.2 Å². The summed E-state index contributed by atoms with van der Waals surface area (Å²) in [6.07, 6.45) is 4.12. The van der Waals surface area contributed by atoms with Crippen molar-refractivity contribution < 1.29 is 32.8 Å². The van der Waals surface area contributed by atoms with Gasteiger partial charge >= 0.3 is 5.24 Å². The SMILES string of the molecule is COc1ccc(COC[C@@H](C)CC(C/C(C)=C\C[C@@H](CO[Si](C)(C)C(C)(C)C)OCOCC[Si](C)(C)C)OC(=S)Oc2ccccc2)cc1. The Morgan fingerprint density at radius 2 is 1.55 bits per heavy atom. The fraction of sp³-hybridized carbons (Fsp3) is 0.615. The Labute approximate surface area is 305 Å². The first kappa shape index (κ1) is 43.1. The number of hydrogen-bond acceptors (Lipinski definition) is 8. The van der Waals surface area contributed by atoms with E-state index in [1.165, 1.54) is 5.57 Å². The minimum Gasteiger partial charge on any atom is -0.497 e. The summed E-state index contributed by atoms with van der Waals surface area (Å²) in [5.41, 5.74) is 2.30. The zero-order valence-corrected chi connectivity index (χ0v) is 35.0. The van der Waals surface area contributed by atoms with Crippen LogP contribution in [0.5, 0.6) is 11.5 Å². The summed E-state index contributed by atoms with van der Waals surface area (Å²) in [7, 11) is -1.43. The molecular weight excluding hydrogens is 669 g/mol. The van der Waals surface area contributed by atoms with E-state index < -0.39 is 16.4 Å². The van der Waals surface area contributed by atoms with Crippen molar-refractivity contribution in [2.45, 2.75) is 117 Å². The van der Waals surface area contributed by atoms with Crippen LogP contribution < -0.4 is 9.47 Å². The summed E-state index contributed by atoms with van der Waals surface area (Å²) < 4.78 is 42.2. The lowest BCUT2D eigenvalue weighted by Gasteiger charge is -2.37. The van der Waals surface area contributed by atoms with Crippen LogP contribution in [0.4, 0.5) is 0 Å². The maximum absolute atomic E-state index is 6.58. The van der Waals surface area contributed by atoms with Crippen LogP contribution in [0.25, 0.3) is 0 Å². The van der Waals surface area contributed by atoms with Crippen LogP contribution in [0.1, 0.15) is 59.4 Å². The highest BCUT2D eigenvalue weighted by atomic mass is 32.1. The zero-order valence-electron chi connectivity index (χ0n) is 32.1. The molecule has 0 aromatic heterocycles. The molecule has 0 fully saturated rings. The highest BCUT2D eigenvalue weighted by Gasteiger charge is 2.37. The van der Waals surface area contributed by atoms with Crippen LogP contribution in [0, 0.1) is 5.92 Å². The fourth-order valence-electron chi connectivity index (χ4n) is 4.59. The first-order valence-electron chi connectivity index (χ1n) is 17.6. The molecule has 0 aliphatic heterocycles. The van der Waals surface area contributed by atoms with Gasteiger partial charge < -0.3 is 32.8 Å². The zero-order chi connectivity index (χ0) is 36.5. The van der Waals surface area contributed by atoms with Crippen molar-refractivity contribution in [2.75, 3.05) is 33.7 Å². The lowest BCUT2D eigenvalue weighted by Crippen LogP contribution is -2.43. The standard InChI is InChI=1S/C39H64O7SSi2/c1-31(17-20-36(29-44-49(10,11)39(3,4)5)43-30-41-23-24-48(7,8)9)25-37(46-38(47)45-35-15-13-12-14-16-35)26-32(2)27-42-28-33-18-21-34(40-6)22-19-33/h12-19,21-22,32,36-37H,20,23-30H2,1-11H3/b31-17-/t32-,36-,37?/m0/s1. The molecule has 2 aromatic rings. The van der Waals surface area contributed by atoms with E-state index in [0.717, 1.165) is 36.8 Å². The molecule has 7 nitrogen and oxygen atoms in total. The van der Waals surface area contributed by atoms with Gasteiger partial charge in [0.05, 0.1) is 26.4 Å². The summed E-state index contributed by atoms with van der Waals surface area (Å²) in [4.78, 5) is 0. The van der Waals surface area contributed by atoms with Crippen LogP contribution in [-0.4, -0.2) is 67.6 Å². The minimum absolute atomic E-state index is 0.108. The summed E-state index contributed by atoms with van der Waals surface area (Å²) in [5.74, 6) is 1.72. The number of para-hydroxylation sites is 1. The van der Waals surface area contributed by atoms with Gasteiger partial charge in [0.2, 0.25) is 0 Å². The predicted molar refractivity (Wildman–Crippen MR) is 211 cm³/mol. The third kappa shape index (κ3) is 18.7. The van der Waals surface area contributed by atoms with E-state index >= 15 is 0 Å². The Balaban J connectivity index is 2.06. The molecule has 2 aromatic carbocycles. The van der Waals surface area contributed by atoms with Gasteiger partial charge in [-0.15, -0.1) is 0 Å². The van der Waals surface area contributed by atoms with E-state index in [0.29, 0.717) is 32.0 Å². The van der Waals surface area contributed by atoms with Gasteiger partial charge in [0.1, 0.15) is 24.4 Å². The van der Waals surface area contributed by atoms with Crippen molar-refractivity contribution in [1.82, 2.24) is 0 Å². The molecule has 0 heterocycles. The van der Waals surface area contributed by atoms with Crippen molar-refractivity contribution >= 4 is 33.8 Å². The summed E-state index contributed by atoms with van der Waals surface area (Å²) in [6, 6.07) is 18.6. The van der Waals surface area contributed by atoms with E-state index in [-0.39, 0.29) is 35.2 Å². The largest absolute Gasteiger partial charge is 0.497 e. The van der Waals surface area contributed by atoms with Gasteiger partial charge in [-0.2, -0.15) is 0 Å².